The number of nitrogens with zero attached hydrogens (tertiary/aromatic N) is 3. The highest BCUT2D eigenvalue weighted by molar-refractivity contribution is 6.06. The van der Waals surface area contributed by atoms with Gasteiger partial charge in [-0.3, -0.25) is 4.79 Å². The van der Waals surface area contributed by atoms with Crippen LogP contribution >= 0.6 is 0 Å². The minimum atomic E-state index is -5.08. The van der Waals surface area contributed by atoms with Gasteiger partial charge in [0, 0.05) is 42.1 Å². The molecule has 1 amide bonds. The van der Waals surface area contributed by atoms with Crippen molar-refractivity contribution in [3.63, 3.8) is 0 Å². The van der Waals surface area contributed by atoms with Gasteiger partial charge in [-0.25, -0.2) is 19.6 Å². The molecule has 0 saturated carbocycles. The number of hydrogen-bond donors (Lipinski definition) is 5. The molecular formula is C24H27F3N6O5. The molecule has 3 aromatic rings. The number of pyridine rings is 2. The molecule has 204 valence electrons. The van der Waals surface area contributed by atoms with E-state index in [1.54, 1.807) is 18.3 Å². The molecule has 0 spiro atoms. The Morgan fingerprint density at radius 2 is 1.68 bits per heavy atom. The molecule has 0 aromatic carbocycles. The molecule has 2 bridgehead atoms. The van der Waals surface area contributed by atoms with E-state index in [9.17, 15) is 22.8 Å². The van der Waals surface area contributed by atoms with E-state index in [-0.39, 0.29) is 19.0 Å². The van der Waals surface area contributed by atoms with E-state index in [0.29, 0.717) is 23.3 Å². The van der Waals surface area contributed by atoms with E-state index >= 15 is 0 Å². The summed E-state index contributed by atoms with van der Waals surface area (Å²) < 4.78 is 31.7. The number of carboxylic acids is 2. The highest BCUT2D eigenvalue weighted by Gasteiger charge is 2.42. The van der Waals surface area contributed by atoms with Crippen LogP contribution in [0.5, 0.6) is 0 Å². The number of aromatic carboxylic acids is 1. The summed E-state index contributed by atoms with van der Waals surface area (Å²) in [6.07, 6.45) is 3.55. The van der Waals surface area contributed by atoms with Crippen molar-refractivity contribution in [3.05, 3.63) is 47.9 Å². The average Bonchev–Trinajstić information content (AvgIpc) is 3.41. The summed E-state index contributed by atoms with van der Waals surface area (Å²) in [6.45, 7) is 0. The molecule has 14 heteroatoms. The first-order valence-electron chi connectivity index (χ1n) is 11.3. The second-order valence-electron chi connectivity index (χ2n) is 8.77. The molecule has 38 heavy (non-hydrogen) atoms. The maximum absolute atomic E-state index is 12.0. The molecule has 2 aliphatic heterocycles. The average molecular weight is 537 g/mol. The number of aromatic nitrogens is 3. The van der Waals surface area contributed by atoms with Crippen LogP contribution in [0.25, 0.3) is 11.0 Å². The fourth-order valence-corrected chi connectivity index (χ4v) is 4.89. The Hall–Kier alpha value is -4.36. The Balaban J connectivity index is 0.000000444. The number of H-pyrrole nitrogens is 1. The molecule has 5 heterocycles. The third-order valence-electron chi connectivity index (χ3n) is 6.44. The van der Waals surface area contributed by atoms with Gasteiger partial charge in [-0.15, -0.1) is 0 Å². The molecule has 1 unspecified atom stereocenters. The molecule has 0 radical (unpaired) electrons. The fourth-order valence-electron chi connectivity index (χ4n) is 4.89. The summed E-state index contributed by atoms with van der Waals surface area (Å²) in [5.74, 6) is -3.41. The van der Waals surface area contributed by atoms with E-state index in [1.807, 2.05) is 6.07 Å². The number of nitrogens with one attached hydrogen (secondary N) is 2. The van der Waals surface area contributed by atoms with Crippen LogP contribution in [0.3, 0.4) is 0 Å². The lowest BCUT2D eigenvalue weighted by Crippen LogP contribution is -2.47. The fraction of sp³-hybridized carbons (Fsp3) is 0.375. The van der Waals surface area contributed by atoms with E-state index in [0.717, 1.165) is 42.6 Å². The largest absolute Gasteiger partial charge is 0.490 e. The number of aromatic amines is 1. The number of piperidine rings is 1. The van der Waals surface area contributed by atoms with Crippen molar-refractivity contribution in [3.8, 4) is 0 Å². The molecule has 2 fully saturated rings. The van der Waals surface area contributed by atoms with Crippen molar-refractivity contribution in [1.82, 2.24) is 15.0 Å². The maximum atomic E-state index is 12.0. The highest BCUT2D eigenvalue weighted by Crippen LogP contribution is 2.40. The van der Waals surface area contributed by atoms with Gasteiger partial charge in [0.05, 0.1) is 16.8 Å². The van der Waals surface area contributed by atoms with Gasteiger partial charge in [0.2, 0.25) is 0 Å². The van der Waals surface area contributed by atoms with Crippen LogP contribution in [0.1, 0.15) is 53.8 Å². The van der Waals surface area contributed by atoms with Crippen molar-refractivity contribution in [2.75, 3.05) is 10.2 Å². The summed E-state index contributed by atoms with van der Waals surface area (Å²) in [5, 5.41) is 20.6. The summed E-state index contributed by atoms with van der Waals surface area (Å²) in [4.78, 5) is 46.0. The van der Waals surface area contributed by atoms with Gasteiger partial charge in [0.15, 0.2) is 0 Å². The van der Waals surface area contributed by atoms with Crippen LogP contribution in [-0.4, -0.2) is 67.3 Å². The van der Waals surface area contributed by atoms with Crippen molar-refractivity contribution in [2.45, 2.75) is 57.4 Å². The Bertz CT molecular complexity index is 1310. The van der Waals surface area contributed by atoms with Crippen molar-refractivity contribution in [2.24, 2.45) is 5.73 Å². The van der Waals surface area contributed by atoms with Crippen molar-refractivity contribution in [1.29, 1.82) is 0 Å². The van der Waals surface area contributed by atoms with Gasteiger partial charge in [-0.1, -0.05) is 7.43 Å². The van der Waals surface area contributed by atoms with E-state index in [2.05, 4.69) is 25.2 Å². The molecular weight excluding hydrogens is 509 g/mol. The van der Waals surface area contributed by atoms with Gasteiger partial charge < -0.3 is 31.1 Å². The second-order valence-corrected chi connectivity index (χ2v) is 8.77. The lowest BCUT2D eigenvalue weighted by molar-refractivity contribution is -0.192. The van der Waals surface area contributed by atoms with Crippen LogP contribution in [0, 0.1) is 0 Å². The van der Waals surface area contributed by atoms with E-state index < -0.39 is 24.0 Å². The topological polar surface area (TPSA) is 175 Å². The smallest absolute Gasteiger partial charge is 0.478 e. The molecule has 3 aromatic heterocycles. The monoisotopic (exact) mass is 536 g/mol. The van der Waals surface area contributed by atoms with Crippen molar-refractivity contribution < 1.29 is 37.8 Å². The standard InChI is InChI=1S/C21H22N6O3.C2HF3O2.CH4/c22-19(28)16-10-25-20-15(5-6-23-20)18(16)26-12-7-13-2-3-14(8-12)27(13)17-4-1-11(9-24-17)21(29)30;3-2(4,5)1(6)7;/h1,4-6,9-10,12-14H,2-3,7-8H2,(H2,22,28)(H,29,30)(H2,23,25,26);(H,6,7);1H4/t12?,13-,14+;;. The number of alkyl halides is 3. The number of primary amides is 1. The Morgan fingerprint density at radius 1 is 1.05 bits per heavy atom. The molecule has 5 rings (SSSR count). The van der Waals surface area contributed by atoms with Gasteiger partial charge >= 0.3 is 18.1 Å². The quantitative estimate of drug-likeness (QED) is 0.326. The first-order chi connectivity index (χ1) is 17.5. The Labute approximate surface area is 214 Å². The number of carbonyl (C=O) groups excluding carboxylic acids is 1. The number of carboxylic acid groups (broad SMARTS) is 2. The number of halogens is 3. The molecule has 0 aliphatic carbocycles. The van der Waals surface area contributed by atoms with Crippen LogP contribution in [0.15, 0.2) is 36.8 Å². The number of fused-ring (bicyclic) bond motifs is 3. The zero-order valence-corrected chi connectivity index (χ0v) is 19.2. The number of amides is 1. The zero-order valence-electron chi connectivity index (χ0n) is 19.2. The van der Waals surface area contributed by atoms with Crippen molar-refractivity contribution >= 4 is 40.4 Å². The summed E-state index contributed by atoms with van der Waals surface area (Å²) in [6, 6.07) is 6.10. The molecule has 2 saturated heterocycles. The number of hydrogen-bond acceptors (Lipinski definition) is 7. The Morgan fingerprint density at radius 3 is 2.18 bits per heavy atom. The minimum absolute atomic E-state index is 0. The SMILES string of the molecule is C.NC(=O)c1cnc2[nH]ccc2c1NC1C[C@H]2CC[C@@H](C1)N2c1ccc(C(=O)O)cn1.O=C(O)C(F)(F)F. The van der Waals surface area contributed by atoms with Gasteiger partial charge in [-0.05, 0) is 43.9 Å². The molecule has 2 aliphatic rings. The van der Waals surface area contributed by atoms with Crippen LogP contribution in [0.4, 0.5) is 24.7 Å². The van der Waals surface area contributed by atoms with Gasteiger partial charge in [0.25, 0.3) is 5.91 Å². The van der Waals surface area contributed by atoms with Crippen LogP contribution < -0.4 is 16.0 Å². The van der Waals surface area contributed by atoms with Crippen LogP contribution in [-0.2, 0) is 4.79 Å². The van der Waals surface area contributed by atoms with Crippen LogP contribution in [0.2, 0.25) is 0 Å². The normalized spacial score (nSPS) is 20.2. The zero-order chi connectivity index (χ0) is 26.9. The first-order valence-corrected chi connectivity index (χ1v) is 11.3. The highest BCUT2D eigenvalue weighted by atomic mass is 19.4. The lowest BCUT2D eigenvalue weighted by Gasteiger charge is -2.40. The predicted octanol–water partition coefficient (Wildman–Crippen LogP) is 3.64. The molecule has 11 nitrogen and oxygen atoms in total. The number of aliphatic carboxylic acids is 1. The Kier molecular flexibility index (Phi) is 8.13. The third kappa shape index (κ3) is 5.79. The summed E-state index contributed by atoms with van der Waals surface area (Å²) >= 11 is 0. The third-order valence-corrected chi connectivity index (χ3v) is 6.44. The van der Waals surface area contributed by atoms with E-state index in [1.165, 1.54) is 12.4 Å². The molecule has 6 N–H and O–H groups in total. The maximum Gasteiger partial charge on any atom is 0.490 e. The number of anilines is 2. The number of rotatable bonds is 5. The minimum Gasteiger partial charge on any atom is -0.478 e. The molecule has 3 atom stereocenters. The predicted molar refractivity (Wildman–Crippen MR) is 132 cm³/mol. The second kappa shape index (κ2) is 10.9. The number of carbonyl (C=O) groups is 3. The van der Waals surface area contributed by atoms with Gasteiger partial charge in [0.1, 0.15) is 11.5 Å². The summed E-state index contributed by atoms with van der Waals surface area (Å²) in [5.41, 5.74) is 7.62. The summed E-state index contributed by atoms with van der Waals surface area (Å²) in [7, 11) is 0. The van der Waals surface area contributed by atoms with E-state index in [4.69, 9.17) is 20.7 Å². The lowest BCUT2D eigenvalue weighted by atomic mass is 9.96. The number of nitrogens with two attached hydrogens (primary N) is 1. The first kappa shape index (κ1) is 28.2. The van der Waals surface area contributed by atoms with Gasteiger partial charge in [-0.2, -0.15) is 13.2 Å².